The summed E-state index contributed by atoms with van der Waals surface area (Å²) in [5, 5.41) is 21.6. The third-order valence-electron chi connectivity index (χ3n) is 11.6. The molecule has 0 aromatic heterocycles. The zero-order valence-electron chi connectivity index (χ0n) is 23.0. The van der Waals surface area contributed by atoms with Gasteiger partial charge in [0.05, 0.1) is 23.9 Å². The molecule has 5 nitrogen and oxygen atoms in total. The SMILES string of the molecule is CC(=O)O[C@@H](C1CCC2C(CC3C4CCC5C(C)(CC[C@H](O)C5(C)C)C4=CCC23C)O1)C(C)(C)O. The predicted octanol–water partition coefficient (Wildman–Crippen LogP) is 5.42. The molecule has 1 aliphatic heterocycles. The van der Waals surface area contributed by atoms with Gasteiger partial charge in [-0.2, -0.15) is 0 Å². The molecule has 0 radical (unpaired) electrons. The molecule has 3 saturated carbocycles. The van der Waals surface area contributed by atoms with Gasteiger partial charge in [-0.25, -0.2) is 0 Å². The van der Waals surface area contributed by atoms with Crippen LogP contribution in [0.5, 0.6) is 0 Å². The van der Waals surface area contributed by atoms with E-state index in [1.807, 2.05) is 0 Å². The molecule has 0 bridgehead atoms. The number of fused-ring (bicyclic) bond motifs is 7. The second kappa shape index (κ2) is 8.30. The summed E-state index contributed by atoms with van der Waals surface area (Å²) in [5.41, 5.74) is 0.926. The lowest BCUT2D eigenvalue weighted by atomic mass is 9.44. The Bertz CT molecular complexity index is 886. The number of aliphatic hydroxyl groups is 2. The van der Waals surface area contributed by atoms with Crippen molar-refractivity contribution < 1.29 is 24.5 Å². The van der Waals surface area contributed by atoms with Gasteiger partial charge in [-0.15, -0.1) is 0 Å². The molecular weight excluding hydrogens is 440 g/mol. The standard InChI is InChI=1S/C30H48O5/c1-17(31)34-26(28(4,5)33)22-10-9-20-23(35-22)16-21-18-8-11-24-27(2,3)25(32)13-15-30(24,7)19(18)12-14-29(20,21)6/h12,18,20-26,32-33H,8-11,13-16H2,1-7H3/t18?,20?,21?,22?,23?,24?,25-,26-,29?,30?/m0/s1. The molecule has 5 heteroatoms. The number of allylic oxidation sites excluding steroid dienone is 2. The molecule has 8 unspecified atom stereocenters. The topological polar surface area (TPSA) is 76.0 Å². The molecule has 198 valence electrons. The lowest BCUT2D eigenvalue weighted by Gasteiger charge is -2.61. The van der Waals surface area contributed by atoms with Gasteiger partial charge in [0.1, 0.15) is 0 Å². The minimum Gasteiger partial charge on any atom is -0.457 e. The average Bonchev–Trinajstić information content (AvgIpc) is 3.06. The summed E-state index contributed by atoms with van der Waals surface area (Å²) >= 11 is 0. The summed E-state index contributed by atoms with van der Waals surface area (Å²) in [4.78, 5) is 11.8. The van der Waals surface area contributed by atoms with Gasteiger partial charge in [0.2, 0.25) is 0 Å². The van der Waals surface area contributed by atoms with Crippen molar-refractivity contribution in [1.29, 1.82) is 0 Å². The van der Waals surface area contributed by atoms with Crippen molar-refractivity contribution >= 4 is 5.97 Å². The van der Waals surface area contributed by atoms with Gasteiger partial charge in [-0.1, -0.05) is 39.3 Å². The van der Waals surface area contributed by atoms with Crippen LogP contribution in [-0.2, 0) is 14.3 Å². The van der Waals surface area contributed by atoms with Gasteiger partial charge in [0.15, 0.2) is 6.10 Å². The van der Waals surface area contributed by atoms with Crippen LogP contribution in [0, 0.1) is 39.9 Å². The van der Waals surface area contributed by atoms with E-state index in [-0.39, 0.29) is 40.5 Å². The van der Waals surface area contributed by atoms with Gasteiger partial charge < -0.3 is 19.7 Å². The fourth-order valence-corrected chi connectivity index (χ4v) is 9.82. The molecule has 0 aromatic carbocycles. The van der Waals surface area contributed by atoms with E-state index in [1.165, 1.54) is 19.8 Å². The lowest BCUT2D eigenvalue weighted by Crippen LogP contribution is -2.55. The van der Waals surface area contributed by atoms with Crippen LogP contribution < -0.4 is 0 Å². The first-order chi connectivity index (χ1) is 16.2. The Morgan fingerprint density at radius 1 is 1.11 bits per heavy atom. The number of hydrogen-bond acceptors (Lipinski definition) is 5. The lowest BCUT2D eigenvalue weighted by molar-refractivity contribution is -0.199. The third-order valence-corrected chi connectivity index (χ3v) is 11.6. The van der Waals surface area contributed by atoms with E-state index >= 15 is 0 Å². The second-order valence-corrected chi connectivity index (χ2v) is 14.3. The van der Waals surface area contributed by atoms with E-state index < -0.39 is 11.7 Å². The Balaban J connectivity index is 1.39. The smallest absolute Gasteiger partial charge is 0.303 e. The second-order valence-electron chi connectivity index (χ2n) is 14.3. The Kier molecular flexibility index (Phi) is 6.10. The van der Waals surface area contributed by atoms with E-state index in [4.69, 9.17) is 9.47 Å². The van der Waals surface area contributed by atoms with E-state index in [2.05, 4.69) is 33.8 Å². The van der Waals surface area contributed by atoms with Crippen LogP contribution in [0.4, 0.5) is 0 Å². The number of esters is 1. The highest BCUT2D eigenvalue weighted by molar-refractivity contribution is 5.66. The fraction of sp³-hybridized carbons (Fsp3) is 0.900. The predicted molar refractivity (Wildman–Crippen MR) is 135 cm³/mol. The van der Waals surface area contributed by atoms with Crippen molar-refractivity contribution in [3.8, 4) is 0 Å². The van der Waals surface area contributed by atoms with E-state index in [1.54, 1.807) is 19.4 Å². The molecule has 2 N–H and O–H groups in total. The summed E-state index contributed by atoms with van der Waals surface area (Å²) in [5.74, 6) is 1.89. The van der Waals surface area contributed by atoms with Crippen LogP contribution in [0.15, 0.2) is 11.6 Å². The fourth-order valence-electron chi connectivity index (χ4n) is 9.82. The maximum Gasteiger partial charge on any atom is 0.303 e. The van der Waals surface area contributed by atoms with Crippen LogP contribution in [0.2, 0.25) is 0 Å². The number of hydrogen-bond donors (Lipinski definition) is 2. The largest absolute Gasteiger partial charge is 0.457 e. The molecule has 5 aliphatic rings. The quantitative estimate of drug-likeness (QED) is 0.410. The van der Waals surface area contributed by atoms with Crippen LogP contribution in [0.25, 0.3) is 0 Å². The monoisotopic (exact) mass is 488 g/mol. The van der Waals surface area contributed by atoms with Crippen molar-refractivity contribution in [2.75, 3.05) is 0 Å². The average molecular weight is 489 g/mol. The Morgan fingerprint density at radius 2 is 1.83 bits per heavy atom. The van der Waals surface area contributed by atoms with Crippen LogP contribution >= 0.6 is 0 Å². The van der Waals surface area contributed by atoms with Crippen LogP contribution in [0.1, 0.15) is 99.8 Å². The highest BCUT2D eigenvalue weighted by Crippen LogP contribution is 2.69. The summed E-state index contributed by atoms with van der Waals surface area (Å²) in [7, 11) is 0. The Hall–Kier alpha value is -0.910. The molecule has 0 aromatic rings. The van der Waals surface area contributed by atoms with Crippen molar-refractivity contribution in [3.63, 3.8) is 0 Å². The first-order valence-corrected chi connectivity index (χ1v) is 14.1. The molecule has 35 heavy (non-hydrogen) atoms. The molecule has 1 heterocycles. The van der Waals surface area contributed by atoms with Crippen molar-refractivity contribution in [2.45, 2.75) is 130 Å². The number of aliphatic hydroxyl groups excluding tert-OH is 1. The molecule has 4 fully saturated rings. The first-order valence-electron chi connectivity index (χ1n) is 14.1. The maximum absolute atomic E-state index is 11.8. The highest BCUT2D eigenvalue weighted by atomic mass is 16.6. The minimum atomic E-state index is -1.14. The molecule has 0 amide bonds. The van der Waals surface area contributed by atoms with E-state index in [0.29, 0.717) is 23.7 Å². The number of carbonyl (C=O) groups excluding carboxylic acids is 1. The zero-order chi connectivity index (χ0) is 25.6. The van der Waals surface area contributed by atoms with Crippen molar-refractivity contribution in [3.05, 3.63) is 11.6 Å². The molecule has 1 saturated heterocycles. The first kappa shape index (κ1) is 25.7. The number of rotatable bonds is 3. The summed E-state index contributed by atoms with van der Waals surface area (Å²) in [6.07, 6.45) is 10.1. The van der Waals surface area contributed by atoms with E-state index in [0.717, 1.165) is 38.5 Å². The number of carbonyl (C=O) groups is 1. The molecular formula is C30H48O5. The van der Waals surface area contributed by atoms with Gasteiger partial charge in [0.25, 0.3) is 0 Å². The summed E-state index contributed by atoms with van der Waals surface area (Å²) in [6.45, 7) is 14.4. The van der Waals surface area contributed by atoms with Gasteiger partial charge in [0, 0.05) is 6.92 Å². The van der Waals surface area contributed by atoms with Gasteiger partial charge in [-0.3, -0.25) is 4.79 Å². The summed E-state index contributed by atoms with van der Waals surface area (Å²) in [6, 6.07) is 0. The summed E-state index contributed by atoms with van der Waals surface area (Å²) < 4.78 is 12.3. The number of ether oxygens (including phenoxy) is 2. The van der Waals surface area contributed by atoms with Crippen molar-refractivity contribution in [1.82, 2.24) is 0 Å². The molecule has 0 spiro atoms. The molecule has 10 atom stereocenters. The minimum absolute atomic E-state index is 0.0393. The normalized spacial score (nSPS) is 47.5. The van der Waals surface area contributed by atoms with Crippen LogP contribution in [0.3, 0.4) is 0 Å². The maximum atomic E-state index is 11.8. The van der Waals surface area contributed by atoms with Crippen molar-refractivity contribution in [2.24, 2.45) is 39.9 Å². The van der Waals surface area contributed by atoms with Crippen LogP contribution in [-0.4, -0.2) is 46.2 Å². The molecule has 5 rings (SSSR count). The molecule has 4 aliphatic carbocycles. The van der Waals surface area contributed by atoms with E-state index in [9.17, 15) is 15.0 Å². The van der Waals surface area contributed by atoms with Gasteiger partial charge >= 0.3 is 5.97 Å². The van der Waals surface area contributed by atoms with Gasteiger partial charge in [-0.05, 0) is 105 Å². The Morgan fingerprint density at radius 3 is 2.49 bits per heavy atom. The third kappa shape index (κ3) is 3.85. The Labute approximate surface area is 212 Å². The highest BCUT2D eigenvalue weighted by Gasteiger charge is 2.63. The zero-order valence-corrected chi connectivity index (χ0v) is 23.0.